The van der Waals surface area contributed by atoms with E-state index in [0.717, 1.165) is 0 Å². The van der Waals surface area contributed by atoms with Gasteiger partial charge in [0.2, 0.25) is 5.91 Å². The third-order valence-corrected chi connectivity index (χ3v) is 3.85. The van der Waals surface area contributed by atoms with Crippen LogP contribution in [0, 0.1) is 0 Å². The first-order valence-electron chi connectivity index (χ1n) is 8.61. The number of ether oxygens (including phenoxy) is 1. The van der Waals surface area contributed by atoms with E-state index in [1.165, 1.54) is 12.5 Å². The molecule has 0 aliphatic rings. The average Bonchev–Trinajstić information content (AvgIpc) is 2.54. The number of nitrogens with one attached hydrogen (secondary N) is 2. The standard InChI is InChI=1S/C21H26N2O3/c1-14(26-19-11-9-16(10-12-19)21(3,4)5)20(25)23-18-8-6-7-17(13-18)22-15(2)24/h6-14H,1-5H3,(H,22,24)(H,23,25)/t14-/m1/s1. The summed E-state index contributed by atoms with van der Waals surface area (Å²) in [5, 5.41) is 5.48. The Balaban J connectivity index is 1.98. The minimum atomic E-state index is -0.653. The van der Waals surface area contributed by atoms with Gasteiger partial charge in [-0.1, -0.05) is 39.0 Å². The monoisotopic (exact) mass is 354 g/mol. The predicted octanol–water partition coefficient (Wildman–Crippen LogP) is 4.35. The first kappa shape index (κ1) is 19.5. The fourth-order valence-corrected chi connectivity index (χ4v) is 2.41. The van der Waals surface area contributed by atoms with Crippen LogP contribution in [0.1, 0.15) is 40.2 Å². The molecule has 0 unspecified atom stereocenters. The summed E-state index contributed by atoms with van der Waals surface area (Å²) in [6.45, 7) is 9.58. The fourth-order valence-electron chi connectivity index (χ4n) is 2.41. The number of rotatable bonds is 5. The Morgan fingerprint density at radius 2 is 1.54 bits per heavy atom. The molecule has 5 heteroatoms. The highest BCUT2D eigenvalue weighted by atomic mass is 16.5. The summed E-state index contributed by atoms with van der Waals surface area (Å²) in [5.74, 6) is 0.224. The molecular formula is C21H26N2O3. The van der Waals surface area contributed by atoms with Gasteiger partial charge in [-0.15, -0.1) is 0 Å². The van der Waals surface area contributed by atoms with E-state index >= 15 is 0 Å². The second-order valence-electron chi connectivity index (χ2n) is 7.29. The number of anilines is 2. The van der Waals surface area contributed by atoms with E-state index in [4.69, 9.17) is 4.74 Å². The Hall–Kier alpha value is -2.82. The lowest BCUT2D eigenvalue weighted by Crippen LogP contribution is -2.30. The van der Waals surface area contributed by atoms with E-state index in [0.29, 0.717) is 17.1 Å². The zero-order valence-electron chi connectivity index (χ0n) is 15.9. The maximum Gasteiger partial charge on any atom is 0.265 e. The van der Waals surface area contributed by atoms with Gasteiger partial charge in [-0.3, -0.25) is 9.59 Å². The summed E-state index contributed by atoms with van der Waals surface area (Å²) in [6, 6.07) is 14.8. The molecule has 0 radical (unpaired) electrons. The van der Waals surface area contributed by atoms with Gasteiger partial charge in [0, 0.05) is 18.3 Å². The fraction of sp³-hybridized carbons (Fsp3) is 0.333. The number of benzene rings is 2. The number of carbonyl (C=O) groups is 2. The van der Waals surface area contributed by atoms with Crippen LogP contribution in [0.25, 0.3) is 0 Å². The molecular weight excluding hydrogens is 328 g/mol. The van der Waals surface area contributed by atoms with Crippen LogP contribution >= 0.6 is 0 Å². The van der Waals surface area contributed by atoms with Crippen LogP contribution in [0.2, 0.25) is 0 Å². The molecule has 0 fully saturated rings. The van der Waals surface area contributed by atoms with Crippen molar-refractivity contribution in [3.8, 4) is 5.75 Å². The average molecular weight is 354 g/mol. The number of hydrogen-bond donors (Lipinski definition) is 2. The third kappa shape index (κ3) is 5.62. The molecule has 0 aliphatic carbocycles. The highest BCUT2D eigenvalue weighted by Crippen LogP contribution is 2.25. The van der Waals surface area contributed by atoms with E-state index < -0.39 is 6.10 Å². The molecule has 1 atom stereocenters. The topological polar surface area (TPSA) is 67.4 Å². The van der Waals surface area contributed by atoms with E-state index in [-0.39, 0.29) is 17.2 Å². The van der Waals surface area contributed by atoms with E-state index in [1.807, 2.05) is 24.3 Å². The minimum Gasteiger partial charge on any atom is -0.481 e. The van der Waals surface area contributed by atoms with Crippen LogP contribution in [0.4, 0.5) is 11.4 Å². The van der Waals surface area contributed by atoms with Gasteiger partial charge < -0.3 is 15.4 Å². The van der Waals surface area contributed by atoms with Crippen molar-refractivity contribution >= 4 is 23.2 Å². The zero-order valence-corrected chi connectivity index (χ0v) is 15.9. The van der Waals surface area contributed by atoms with Gasteiger partial charge in [0.1, 0.15) is 5.75 Å². The van der Waals surface area contributed by atoms with Gasteiger partial charge in [-0.05, 0) is 48.2 Å². The maximum atomic E-state index is 12.4. The predicted molar refractivity (Wildman–Crippen MR) is 105 cm³/mol. The van der Waals surface area contributed by atoms with Gasteiger partial charge in [-0.25, -0.2) is 0 Å². The molecule has 2 rings (SSSR count). The van der Waals surface area contributed by atoms with Crippen molar-refractivity contribution in [2.24, 2.45) is 0 Å². The van der Waals surface area contributed by atoms with Crippen molar-refractivity contribution in [2.45, 2.75) is 46.1 Å². The van der Waals surface area contributed by atoms with E-state index in [9.17, 15) is 9.59 Å². The van der Waals surface area contributed by atoms with Crippen molar-refractivity contribution in [3.05, 3.63) is 54.1 Å². The number of amides is 2. The molecule has 2 N–H and O–H groups in total. The Labute approximate surface area is 154 Å². The summed E-state index contributed by atoms with van der Waals surface area (Å²) in [6.07, 6.45) is -0.653. The van der Waals surface area contributed by atoms with Crippen molar-refractivity contribution < 1.29 is 14.3 Å². The van der Waals surface area contributed by atoms with Crippen molar-refractivity contribution in [1.82, 2.24) is 0 Å². The molecule has 0 aliphatic heterocycles. The van der Waals surface area contributed by atoms with E-state index in [1.54, 1.807) is 31.2 Å². The third-order valence-electron chi connectivity index (χ3n) is 3.85. The van der Waals surface area contributed by atoms with Crippen LogP contribution in [-0.4, -0.2) is 17.9 Å². The van der Waals surface area contributed by atoms with Crippen molar-refractivity contribution in [3.63, 3.8) is 0 Å². The van der Waals surface area contributed by atoms with E-state index in [2.05, 4.69) is 31.4 Å². The molecule has 0 bridgehead atoms. The maximum absolute atomic E-state index is 12.4. The normalized spacial score (nSPS) is 12.2. The molecule has 2 aromatic carbocycles. The Morgan fingerprint density at radius 3 is 2.08 bits per heavy atom. The molecule has 0 aromatic heterocycles. The highest BCUT2D eigenvalue weighted by Gasteiger charge is 2.17. The molecule has 2 amide bonds. The van der Waals surface area contributed by atoms with Crippen molar-refractivity contribution in [2.75, 3.05) is 10.6 Å². The SMILES string of the molecule is CC(=O)Nc1cccc(NC(=O)[C@@H](C)Oc2ccc(C(C)(C)C)cc2)c1. The van der Waals surface area contributed by atoms with Crippen LogP contribution < -0.4 is 15.4 Å². The molecule has 138 valence electrons. The zero-order chi connectivity index (χ0) is 19.3. The summed E-state index contributed by atoms with van der Waals surface area (Å²) >= 11 is 0. The Morgan fingerprint density at radius 1 is 0.962 bits per heavy atom. The van der Waals surface area contributed by atoms with Crippen LogP contribution in [0.5, 0.6) is 5.75 Å². The van der Waals surface area contributed by atoms with Gasteiger partial charge in [0.05, 0.1) is 0 Å². The lowest BCUT2D eigenvalue weighted by Gasteiger charge is -2.20. The summed E-state index contributed by atoms with van der Waals surface area (Å²) in [5.41, 5.74) is 2.50. The highest BCUT2D eigenvalue weighted by molar-refractivity contribution is 5.95. The largest absolute Gasteiger partial charge is 0.481 e. The molecule has 26 heavy (non-hydrogen) atoms. The Kier molecular flexibility index (Phi) is 6.03. The molecule has 0 spiro atoms. The summed E-state index contributed by atoms with van der Waals surface area (Å²) < 4.78 is 5.73. The summed E-state index contributed by atoms with van der Waals surface area (Å²) in [7, 11) is 0. The molecule has 0 heterocycles. The molecule has 0 saturated heterocycles. The van der Waals surface area contributed by atoms with Crippen LogP contribution in [0.3, 0.4) is 0 Å². The second kappa shape index (κ2) is 8.04. The number of carbonyl (C=O) groups excluding carboxylic acids is 2. The quantitative estimate of drug-likeness (QED) is 0.839. The lowest BCUT2D eigenvalue weighted by atomic mass is 9.87. The molecule has 5 nitrogen and oxygen atoms in total. The summed E-state index contributed by atoms with van der Waals surface area (Å²) in [4.78, 5) is 23.5. The molecule has 2 aromatic rings. The lowest BCUT2D eigenvalue weighted by molar-refractivity contribution is -0.122. The van der Waals surface area contributed by atoms with Gasteiger partial charge in [0.15, 0.2) is 6.10 Å². The Bertz CT molecular complexity index is 777. The van der Waals surface area contributed by atoms with Gasteiger partial charge >= 0.3 is 0 Å². The smallest absolute Gasteiger partial charge is 0.265 e. The van der Waals surface area contributed by atoms with Gasteiger partial charge in [-0.2, -0.15) is 0 Å². The first-order chi connectivity index (χ1) is 12.1. The minimum absolute atomic E-state index is 0.0699. The number of hydrogen-bond acceptors (Lipinski definition) is 3. The van der Waals surface area contributed by atoms with Crippen LogP contribution in [0.15, 0.2) is 48.5 Å². The van der Waals surface area contributed by atoms with Crippen LogP contribution in [-0.2, 0) is 15.0 Å². The van der Waals surface area contributed by atoms with Gasteiger partial charge in [0.25, 0.3) is 5.91 Å². The second-order valence-corrected chi connectivity index (χ2v) is 7.29. The molecule has 0 saturated carbocycles. The first-order valence-corrected chi connectivity index (χ1v) is 8.61. The van der Waals surface area contributed by atoms with Crippen molar-refractivity contribution in [1.29, 1.82) is 0 Å².